The van der Waals surface area contributed by atoms with E-state index >= 15 is 0 Å². The highest BCUT2D eigenvalue weighted by Gasteiger charge is 2.22. The Labute approximate surface area is 161 Å². The molecule has 0 radical (unpaired) electrons. The summed E-state index contributed by atoms with van der Waals surface area (Å²) < 4.78 is 0. The molecule has 0 spiro atoms. The van der Waals surface area contributed by atoms with Gasteiger partial charge >= 0.3 is 0 Å². The molecular weight excluding hydrogens is 336 g/mol. The number of aryl methyl sites for hydroxylation is 2. The first kappa shape index (κ1) is 19.3. The van der Waals surface area contributed by atoms with Crippen LogP contribution in [0.15, 0.2) is 48.5 Å². The van der Waals surface area contributed by atoms with Crippen molar-refractivity contribution in [1.82, 2.24) is 9.80 Å². The average molecular weight is 364 g/mol. The minimum Gasteiger partial charge on any atom is -0.336 e. The van der Waals surface area contributed by atoms with Crippen LogP contribution >= 0.6 is 0 Å². The fourth-order valence-electron chi connectivity index (χ4n) is 3.46. The van der Waals surface area contributed by atoms with Crippen LogP contribution in [0.25, 0.3) is 0 Å². The van der Waals surface area contributed by atoms with E-state index in [0.29, 0.717) is 6.42 Å². The van der Waals surface area contributed by atoms with Crippen LogP contribution in [0.4, 0.5) is 0 Å². The van der Waals surface area contributed by atoms with Gasteiger partial charge < -0.3 is 4.90 Å². The molecule has 0 bridgehead atoms. The number of carbonyl (C=O) groups excluding carboxylic acids is 2. The molecule has 2 aromatic carbocycles. The molecule has 1 saturated heterocycles. The molecule has 0 saturated carbocycles. The number of hydrogen-bond acceptors (Lipinski definition) is 3. The average Bonchev–Trinajstić information content (AvgIpc) is 2.70. The van der Waals surface area contributed by atoms with Crippen LogP contribution in [-0.2, 0) is 0 Å². The molecule has 4 heteroatoms. The minimum atomic E-state index is 0.122. The van der Waals surface area contributed by atoms with Crippen molar-refractivity contribution in [2.75, 3.05) is 32.7 Å². The molecular formula is C23H28N2O2. The largest absolute Gasteiger partial charge is 0.336 e. The zero-order valence-electron chi connectivity index (χ0n) is 16.3. The van der Waals surface area contributed by atoms with Crippen LogP contribution in [0, 0.1) is 13.8 Å². The van der Waals surface area contributed by atoms with E-state index in [9.17, 15) is 9.59 Å². The Morgan fingerprint density at radius 1 is 0.852 bits per heavy atom. The number of hydrogen-bond donors (Lipinski definition) is 0. The first-order valence-electron chi connectivity index (χ1n) is 9.72. The number of piperazine rings is 1. The second-order valence-corrected chi connectivity index (χ2v) is 7.33. The number of carbonyl (C=O) groups is 2. The van der Waals surface area contributed by atoms with Crippen LogP contribution in [0.5, 0.6) is 0 Å². The summed E-state index contributed by atoms with van der Waals surface area (Å²) in [4.78, 5) is 29.1. The van der Waals surface area contributed by atoms with Crippen molar-refractivity contribution in [3.63, 3.8) is 0 Å². The van der Waals surface area contributed by atoms with E-state index < -0.39 is 0 Å². The molecule has 1 amide bonds. The fourth-order valence-corrected chi connectivity index (χ4v) is 3.46. The van der Waals surface area contributed by atoms with Crippen LogP contribution in [-0.4, -0.2) is 54.2 Å². The molecule has 1 heterocycles. The van der Waals surface area contributed by atoms with Gasteiger partial charge in [-0.25, -0.2) is 0 Å². The molecule has 27 heavy (non-hydrogen) atoms. The van der Waals surface area contributed by atoms with Gasteiger partial charge in [0.2, 0.25) is 0 Å². The molecule has 142 valence electrons. The van der Waals surface area contributed by atoms with Gasteiger partial charge in [-0.2, -0.15) is 0 Å². The summed E-state index contributed by atoms with van der Waals surface area (Å²) in [5.74, 6) is 0.330. The van der Waals surface area contributed by atoms with E-state index in [1.54, 1.807) is 0 Å². The Hall–Kier alpha value is -2.46. The van der Waals surface area contributed by atoms with E-state index in [4.69, 9.17) is 0 Å². The third kappa shape index (κ3) is 5.04. The zero-order valence-corrected chi connectivity index (χ0v) is 16.3. The Morgan fingerprint density at radius 3 is 2.22 bits per heavy atom. The van der Waals surface area contributed by atoms with Crippen molar-refractivity contribution in [3.8, 4) is 0 Å². The van der Waals surface area contributed by atoms with Gasteiger partial charge in [0, 0.05) is 43.7 Å². The van der Waals surface area contributed by atoms with E-state index in [2.05, 4.69) is 11.8 Å². The summed E-state index contributed by atoms with van der Waals surface area (Å²) >= 11 is 0. The molecule has 1 aliphatic rings. The maximum Gasteiger partial charge on any atom is 0.253 e. The highest BCUT2D eigenvalue weighted by molar-refractivity contribution is 5.96. The highest BCUT2D eigenvalue weighted by Crippen LogP contribution is 2.14. The number of rotatable bonds is 6. The van der Waals surface area contributed by atoms with Crippen LogP contribution in [0.2, 0.25) is 0 Å². The van der Waals surface area contributed by atoms with Crippen LogP contribution in [0.3, 0.4) is 0 Å². The maximum atomic E-state index is 12.7. The number of amides is 1. The number of nitrogens with zero attached hydrogens (tertiary/aromatic N) is 2. The van der Waals surface area contributed by atoms with Crippen LogP contribution < -0.4 is 0 Å². The lowest BCUT2D eigenvalue weighted by Gasteiger charge is -2.34. The monoisotopic (exact) mass is 364 g/mol. The second-order valence-electron chi connectivity index (χ2n) is 7.33. The maximum absolute atomic E-state index is 12.7. The Kier molecular flexibility index (Phi) is 6.40. The lowest BCUT2D eigenvalue weighted by molar-refractivity contribution is 0.0635. The van der Waals surface area contributed by atoms with Crippen molar-refractivity contribution in [1.29, 1.82) is 0 Å². The predicted octanol–water partition coefficient (Wildman–Crippen LogP) is 3.72. The first-order chi connectivity index (χ1) is 13.0. The molecule has 2 aromatic rings. The quantitative estimate of drug-likeness (QED) is 0.734. The SMILES string of the molecule is Cc1ccc(C(=O)N2CCN(CCCC(=O)c3ccccc3)CC2)cc1C. The fraction of sp³-hybridized carbons (Fsp3) is 0.391. The molecule has 4 nitrogen and oxygen atoms in total. The molecule has 3 rings (SSSR count). The lowest BCUT2D eigenvalue weighted by Crippen LogP contribution is -2.48. The van der Waals surface area contributed by atoms with Gasteiger partial charge in [0.25, 0.3) is 5.91 Å². The van der Waals surface area contributed by atoms with Gasteiger partial charge in [-0.05, 0) is 50.1 Å². The Balaban J connectivity index is 1.43. The van der Waals surface area contributed by atoms with Crippen molar-refractivity contribution in [3.05, 3.63) is 70.8 Å². The van der Waals surface area contributed by atoms with Gasteiger partial charge in [0.1, 0.15) is 0 Å². The van der Waals surface area contributed by atoms with Crippen molar-refractivity contribution < 1.29 is 9.59 Å². The summed E-state index contributed by atoms with van der Waals surface area (Å²) in [7, 11) is 0. The van der Waals surface area contributed by atoms with Gasteiger partial charge in [0.15, 0.2) is 5.78 Å². The number of ketones is 1. The third-order valence-electron chi connectivity index (χ3n) is 5.39. The van der Waals surface area contributed by atoms with Crippen LogP contribution in [0.1, 0.15) is 44.7 Å². The molecule has 0 atom stereocenters. The van der Waals surface area contributed by atoms with E-state index in [1.807, 2.05) is 60.4 Å². The molecule has 0 aromatic heterocycles. The third-order valence-corrected chi connectivity index (χ3v) is 5.39. The lowest BCUT2D eigenvalue weighted by atomic mass is 10.1. The zero-order chi connectivity index (χ0) is 19.2. The summed E-state index contributed by atoms with van der Waals surface area (Å²) in [6.07, 6.45) is 1.44. The van der Waals surface area contributed by atoms with Crippen molar-refractivity contribution >= 4 is 11.7 Å². The smallest absolute Gasteiger partial charge is 0.253 e. The van der Waals surface area contributed by atoms with Crippen molar-refractivity contribution in [2.45, 2.75) is 26.7 Å². The number of Topliss-reactive ketones (excluding diaryl/α,β-unsaturated/α-hetero) is 1. The highest BCUT2D eigenvalue weighted by atomic mass is 16.2. The number of benzene rings is 2. The molecule has 1 aliphatic heterocycles. The summed E-state index contributed by atoms with van der Waals surface area (Å²) in [5, 5.41) is 0. The summed E-state index contributed by atoms with van der Waals surface area (Å²) in [6, 6.07) is 15.4. The van der Waals surface area contributed by atoms with Gasteiger partial charge in [-0.15, -0.1) is 0 Å². The Morgan fingerprint density at radius 2 is 1.56 bits per heavy atom. The molecule has 1 fully saturated rings. The van der Waals surface area contributed by atoms with E-state index in [-0.39, 0.29) is 11.7 Å². The minimum absolute atomic E-state index is 0.122. The first-order valence-corrected chi connectivity index (χ1v) is 9.72. The molecule has 0 unspecified atom stereocenters. The molecule has 0 aliphatic carbocycles. The van der Waals surface area contributed by atoms with Gasteiger partial charge in [-0.3, -0.25) is 14.5 Å². The topological polar surface area (TPSA) is 40.6 Å². The summed E-state index contributed by atoms with van der Waals surface area (Å²) in [5.41, 5.74) is 3.94. The second kappa shape index (κ2) is 8.96. The van der Waals surface area contributed by atoms with E-state index in [1.165, 1.54) is 5.56 Å². The van der Waals surface area contributed by atoms with E-state index in [0.717, 1.165) is 55.8 Å². The predicted molar refractivity (Wildman–Crippen MR) is 108 cm³/mol. The van der Waals surface area contributed by atoms with Gasteiger partial charge in [0.05, 0.1) is 0 Å². The van der Waals surface area contributed by atoms with Crippen molar-refractivity contribution in [2.24, 2.45) is 0 Å². The Bertz CT molecular complexity index is 793. The van der Waals surface area contributed by atoms with Gasteiger partial charge in [-0.1, -0.05) is 36.4 Å². The standard InChI is InChI=1S/C23H28N2O2/c1-18-10-11-21(17-19(18)2)23(27)25-15-13-24(14-16-25)12-6-9-22(26)20-7-4-3-5-8-20/h3-5,7-8,10-11,17H,6,9,12-16H2,1-2H3. The normalized spacial score (nSPS) is 15.0. The summed E-state index contributed by atoms with van der Waals surface area (Å²) in [6.45, 7) is 8.25. The molecule has 0 N–H and O–H groups in total.